The van der Waals surface area contributed by atoms with E-state index in [0.717, 1.165) is 50.3 Å². The van der Waals surface area contributed by atoms with Crippen LogP contribution in [0.2, 0.25) is 5.02 Å². The molecule has 1 aliphatic heterocycles. The Hall–Kier alpha value is -1.82. The summed E-state index contributed by atoms with van der Waals surface area (Å²) in [6.07, 6.45) is 4.32. The number of nitrogens with one attached hydrogen (secondary N) is 2. The van der Waals surface area contributed by atoms with Gasteiger partial charge in [-0.2, -0.15) is 0 Å². The molecular weight excluding hydrogens is 379 g/mol. The molecule has 156 valence electrons. The third-order valence-electron chi connectivity index (χ3n) is 5.41. The van der Waals surface area contributed by atoms with Crippen molar-refractivity contribution >= 4 is 23.5 Å². The number of hydrogen-bond acceptors (Lipinski definition) is 2. The molecule has 1 aromatic rings. The highest BCUT2D eigenvalue weighted by molar-refractivity contribution is 6.31. The van der Waals surface area contributed by atoms with E-state index in [4.69, 9.17) is 11.6 Å². The summed E-state index contributed by atoms with van der Waals surface area (Å²) in [4.78, 5) is 18.8. The van der Waals surface area contributed by atoms with E-state index in [9.17, 15) is 9.18 Å². The number of amides is 1. The zero-order chi connectivity index (χ0) is 20.5. The lowest BCUT2D eigenvalue weighted by molar-refractivity contribution is -0.136. The van der Waals surface area contributed by atoms with Crippen molar-refractivity contribution in [3.8, 4) is 0 Å². The second kappa shape index (κ2) is 11.2. The lowest BCUT2D eigenvalue weighted by atomic mass is 9.98. The molecule has 1 aliphatic rings. The Balaban J connectivity index is 1.76. The monoisotopic (exact) mass is 410 g/mol. The van der Waals surface area contributed by atoms with Crippen molar-refractivity contribution in [1.29, 1.82) is 0 Å². The average Bonchev–Trinajstić information content (AvgIpc) is 2.70. The van der Waals surface area contributed by atoms with Crippen LogP contribution in [0, 0.1) is 11.7 Å². The van der Waals surface area contributed by atoms with Gasteiger partial charge in [-0.1, -0.05) is 31.5 Å². The second-order valence-electron chi connectivity index (χ2n) is 7.24. The van der Waals surface area contributed by atoms with Crippen molar-refractivity contribution in [2.24, 2.45) is 10.9 Å². The number of halogens is 2. The molecule has 5 nitrogen and oxygen atoms in total. The molecule has 0 radical (unpaired) electrons. The van der Waals surface area contributed by atoms with Crippen molar-refractivity contribution < 1.29 is 9.18 Å². The van der Waals surface area contributed by atoms with Gasteiger partial charge in [-0.25, -0.2) is 4.39 Å². The van der Waals surface area contributed by atoms with Gasteiger partial charge in [0.2, 0.25) is 5.91 Å². The van der Waals surface area contributed by atoms with Gasteiger partial charge in [0.05, 0.1) is 0 Å². The molecule has 0 unspecified atom stereocenters. The van der Waals surface area contributed by atoms with E-state index < -0.39 is 0 Å². The summed E-state index contributed by atoms with van der Waals surface area (Å²) in [6, 6.07) is 4.76. The Morgan fingerprint density at radius 2 is 2.00 bits per heavy atom. The number of likely N-dealkylation sites (tertiary alicyclic amines) is 1. The molecule has 0 atom stereocenters. The molecule has 1 amide bonds. The molecule has 1 heterocycles. The molecule has 0 saturated carbocycles. The summed E-state index contributed by atoms with van der Waals surface area (Å²) < 4.78 is 13.1. The highest BCUT2D eigenvalue weighted by atomic mass is 35.5. The first-order chi connectivity index (χ1) is 13.5. The fourth-order valence-corrected chi connectivity index (χ4v) is 3.83. The number of benzene rings is 1. The van der Waals surface area contributed by atoms with Gasteiger partial charge in [-0.15, -0.1) is 0 Å². The van der Waals surface area contributed by atoms with Crippen LogP contribution in [-0.2, 0) is 11.2 Å². The van der Waals surface area contributed by atoms with Gasteiger partial charge in [0, 0.05) is 43.7 Å². The van der Waals surface area contributed by atoms with Crippen LogP contribution < -0.4 is 10.6 Å². The summed E-state index contributed by atoms with van der Waals surface area (Å²) in [5, 5.41) is 7.17. The number of nitrogens with zero attached hydrogens (tertiary/aromatic N) is 2. The number of piperidine rings is 1. The molecule has 1 aromatic carbocycles. The van der Waals surface area contributed by atoms with E-state index in [0.29, 0.717) is 29.9 Å². The third-order valence-corrected chi connectivity index (χ3v) is 5.76. The summed E-state index contributed by atoms with van der Waals surface area (Å²) in [5.41, 5.74) is 0.902. The van der Waals surface area contributed by atoms with Gasteiger partial charge in [-0.05, 0) is 49.8 Å². The molecule has 0 aromatic heterocycles. The molecule has 2 N–H and O–H groups in total. The topological polar surface area (TPSA) is 56.7 Å². The van der Waals surface area contributed by atoms with Crippen molar-refractivity contribution in [2.45, 2.75) is 52.0 Å². The maximum atomic E-state index is 13.1. The molecule has 28 heavy (non-hydrogen) atoms. The molecule has 1 saturated heterocycles. The number of hydrogen-bond donors (Lipinski definition) is 2. The average molecular weight is 411 g/mol. The van der Waals surface area contributed by atoms with Gasteiger partial charge < -0.3 is 15.5 Å². The zero-order valence-electron chi connectivity index (χ0n) is 17.1. The normalized spacial score (nSPS) is 15.8. The van der Waals surface area contributed by atoms with Gasteiger partial charge >= 0.3 is 0 Å². The SMILES string of the molecule is CCC(CC)C(=O)N1CCC(NC(=NC)NCCc2ccc(F)cc2Cl)CC1. The maximum absolute atomic E-state index is 13.1. The molecule has 1 fully saturated rings. The van der Waals surface area contributed by atoms with Gasteiger partial charge in [-0.3, -0.25) is 9.79 Å². The van der Waals surface area contributed by atoms with Crippen LogP contribution in [0.5, 0.6) is 0 Å². The van der Waals surface area contributed by atoms with Crippen LogP contribution in [-0.4, -0.2) is 49.5 Å². The van der Waals surface area contributed by atoms with E-state index in [1.165, 1.54) is 12.1 Å². The van der Waals surface area contributed by atoms with Crippen molar-refractivity contribution in [1.82, 2.24) is 15.5 Å². The smallest absolute Gasteiger partial charge is 0.225 e. The number of aliphatic imine (C=N–C) groups is 1. The molecule has 0 aliphatic carbocycles. The minimum Gasteiger partial charge on any atom is -0.356 e. The van der Waals surface area contributed by atoms with E-state index >= 15 is 0 Å². The van der Waals surface area contributed by atoms with E-state index in [-0.39, 0.29) is 11.7 Å². The van der Waals surface area contributed by atoms with E-state index in [1.54, 1.807) is 13.1 Å². The minimum absolute atomic E-state index is 0.150. The largest absolute Gasteiger partial charge is 0.356 e. The summed E-state index contributed by atoms with van der Waals surface area (Å²) in [7, 11) is 1.74. The van der Waals surface area contributed by atoms with Crippen molar-refractivity contribution in [3.05, 3.63) is 34.6 Å². The lowest BCUT2D eigenvalue weighted by Gasteiger charge is -2.34. The fraction of sp³-hybridized carbons (Fsp3) is 0.619. The van der Waals surface area contributed by atoms with Crippen molar-refractivity contribution in [2.75, 3.05) is 26.7 Å². The Morgan fingerprint density at radius 3 is 2.57 bits per heavy atom. The van der Waals surface area contributed by atoms with Crippen LogP contribution in [0.25, 0.3) is 0 Å². The van der Waals surface area contributed by atoms with Gasteiger partial charge in [0.25, 0.3) is 0 Å². The van der Waals surface area contributed by atoms with E-state index in [2.05, 4.69) is 29.5 Å². The Kier molecular flexibility index (Phi) is 9.03. The Bertz CT molecular complexity index is 670. The zero-order valence-corrected chi connectivity index (χ0v) is 17.9. The van der Waals surface area contributed by atoms with Crippen LogP contribution in [0.3, 0.4) is 0 Å². The van der Waals surface area contributed by atoms with E-state index in [1.807, 2.05) is 4.90 Å². The molecule has 7 heteroatoms. The first-order valence-corrected chi connectivity index (χ1v) is 10.6. The van der Waals surface area contributed by atoms with Gasteiger partial charge in [0.1, 0.15) is 5.82 Å². The molecular formula is C21H32ClFN4O. The maximum Gasteiger partial charge on any atom is 0.225 e. The molecule has 2 rings (SSSR count). The quantitative estimate of drug-likeness (QED) is 0.533. The second-order valence-corrected chi connectivity index (χ2v) is 7.65. The van der Waals surface area contributed by atoms with Crippen LogP contribution in [0.1, 0.15) is 45.1 Å². The summed E-state index contributed by atoms with van der Waals surface area (Å²) in [5.74, 6) is 0.857. The minimum atomic E-state index is -0.326. The van der Waals surface area contributed by atoms with Crippen LogP contribution >= 0.6 is 11.6 Å². The number of rotatable bonds is 7. The van der Waals surface area contributed by atoms with Crippen LogP contribution in [0.4, 0.5) is 4.39 Å². The molecule has 0 spiro atoms. The first kappa shape index (κ1) is 22.5. The summed E-state index contributed by atoms with van der Waals surface area (Å²) in [6.45, 7) is 6.38. The Labute approximate surface area is 172 Å². The van der Waals surface area contributed by atoms with Gasteiger partial charge in [0.15, 0.2) is 5.96 Å². The predicted octanol–water partition coefficient (Wildman–Crippen LogP) is 3.61. The van der Waals surface area contributed by atoms with Crippen LogP contribution in [0.15, 0.2) is 23.2 Å². The fourth-order valence-electron chi connectivity index (χ4n) is 3.57. The number of guanidine groups is 1. The number of carbonyl (C=O) groups excluding carboxylic acids is 1. The highest BCUT2D eigenvalue weighted by Gasteiger charge is 2.26. The van der Waals surface area contributed by atoms with Crippen molar-refractivity contribution in [3.63, 3.8) is 0 Å². The Morgan fingerprint density at radius 1 is 1.32 bits per heavy atom. The molecule has 0 bridgehead atoms. The number of carbonyl (C=O) groups is 1. The highest BCUT2D eigenvalue weighted by Crippen LogP contribution is 2.18. The summed E-state index contributed by atoms with van der Waals surface area (Å²) >= 11 is 6.07. The third kappa shape index (κ3) is 6.36. The first-order valence-electron chi connectivity index (χ1n) is 10.2. The predicted molar refractivity (Wildman–Crippen MR) is 113 cm³/mol. The standard InChI is InChI=1S/C21H32ClFN4O/c1-4-15(5-2)20(28)27-12-9-18(10-13-27)26-21(24-3)25-11-8-16-6-7-17(23)14-19(16)22/h6-7,14-15,18H,4-5,8-13H2,1-3H3,(H2,24,25,26). The lowest BCUT2D eigenvalue weighted by Crippen LogP contribution is -2.50.